The molecule has 0 fully saturated rings. The lowest BCUT2D eigenvalue weighted by Crippen LogP contribution is -2.17. The molecule has 0 aliphatic carbocycles. The fourth-order valence-corrected chi connectivity index (χ4v) is 2.63. The zero-order valence-electron chi connectivity index (χ0n) is 16.0. The first-order valence-corrected chi connectivity index (χ1v) is 8.97. The minimum Gasteiger partial charge on any atom is -0.464 e. The lowest BCUT2D eigenvalue weighted by atomic mass is 10.1. The molecule has 1 heterocycles. The monoisotopic (exact) mass is 381 g/mol. The van der Waals surface area contributed by atoms with E-state index in [-0.39, 0.29) is 5.56 Å². The summed E-state index contributed by atoms with van der Waals surface area (Å²) in [5.41, 5.74) is 3.02. The van der Waals surface area contributed by atoms with Gasteiger partial charge in [-0.05, 0) is 18.7 Å². The molecule has 0 aliphatic rings. The van der Waals surface area contributed by atoms with Crippen molar-refractivity contribution in [1.82, 2.24) is 4.90 Å². The standard InChI is InChI=1S/C20H19F2NO.C4H6/c1-23(13-17-14-24-19-7-3-2-6-18(17)19)12-4-5-15-8-10-16(11-9-15)20(21)22;1-3-4-2/h2-11,14,20H,12-13H2,1H3;3-4H,1-2H2/b5-4+;. The smallest absolute Gasteiger partial charge is 0.263 e. The normalized spacial score (nSPS) is 11.0. The molecule has 0 aliphatic heterocycles. The van der Waals surface area contributed by atoms with Gasteiger partial charge in [-0.15, -0.1) is 0 Å². The van der Waals surface area contributed by atoms with E-state index in [4.69, 9.17) is 4.42 Å². The molecule has 0 saturated carbocycles. The number of halogens is 2. The molecule has 0 amide bonds. The van der Waals surface area contributed by atoms with E-state index in [0.29, 0.717) is 0 Å². The molecule has 3 aromatic rings. The molecule has 0 radical (unpaired) electrons. The van der Waals surface area contributed by atoms with Gasteiger partial charge in [0.2, 0.25) is 0 Å². The summed E-state index contributed by atoms with van der Waals surface area (Å²) in [5.74, 6) is 0. The second kappa shape index (κ2) is 11.0. The van der Waals surface area contributed by atoms with E-state index in [1.165, 1.54) is 12.1 Å². The Morgan fingerprint density at radius 3 is 2.36 bits per heavy atom. The Hall–Kier alpha value is -2.98. The van der Waals surface area contributed by atoms with E-state index in [1.807, 2.05) is 37.4 Å². The van der Waals surface area contributed by atoms with Crippen LogP contribution < -0.4 is 0 Å². The molecule has 0 atom stereocenters. The number of para-hydroxylation sites is 1. The molecular formula is C24H25F2NO. The van der Waals surface area contributed by atoms with Crippen LogP contribution in [0.5, 0.6) is 0 Å². The minimum absolute atomic E-state index is 0.0519. The van der Waals surface area contributed by atoms with Crippen LogP contribution in [-0.4, -0.2) is 18.5 Å². The third-order valence-corrected chi connectivity index (χ3v) is 4.08. The van der Waals surface area contributed by atoms with Crippen molar-refractivity contribution >= 4 is 17.0 Å². The molecule has 3 rings (SSSR count). The van der Waals surface area contributed by atoms with E-state index in [9.17, 15) is 8.78 Å². The van der Waals surface area contributed by atoms with Crippen molar-refractivity contribution in [1.29, 1.82) is 0 Å². The summed E-state index contributed by atoms with van der Waals surface area (Å²) in [5, 5.41) is 1.14. The van der Waals surface area contributed by atoms with E-state index >= 15 is 0 Å². The zero-order valence-corrected chi connectivity index (χ0v) is 16.0. The second-order valence-electron chi connectivity index (χ2n) is 6.29. The van der Waals surface area contributed by atoms with Crippen molar-refractivity contribution in [2.24, 2.45) is 0 Å². The average molecular weight is 381 g/mol. The number of fused-ring (bicyclic) bond motifs is 1. The van der Waals surface area contributed by atoms with E-state index < -0.39 is 6.43 Å². The van der Waals surface area contributed by atoms with Gasteiger partial charge in [-0.1, -0.05) is 79.9 Å². The van der Waals surface area contributed by atoms with Gasteiger partial charge in [-0.25, -0.2) is 8.78 Å². The van der Waals surface area contributed by atoms with Gasteiger partial charge < -0.3 is 4.42 Å². The minimum atomic E-state index is -2.42. The first-order chi connectivity index (χ1) is 13.5. The SMILES string of the molecule is C=CC=C.CN(C/C=C/c1ccc(C(F)F)cc1)Cc1coc2ccccc12. The van der Waals surface area contributed by atoms with E-state index in [2.05, 4.69) is 24.1 Å². The van der Waals surface area contributed by atoms with Crippen LogP contribution in [0.2, 0.25) is 0 Å². The highest BCUT2D eigenvalue weighted by Crippen LogP contribution is 2.22. The van der Waals surface area contributed by atoms with Gasteiger partial charge in [0.05, 0.1) is 6.26 Å². The number of hydrogen-bond donors (Lipinski definition) is 0. The average Bonchev–Trinajstić information content (AvgIpc) is 3.11. The van der Waals surface area contributed by atoms with Crippen molar-refractivity contribution in [2.45, 2.75) is 13.0 Å². The van der Waals surface area contributed by atoms with Crippen LogP contribution in [0.25, 0.3) is 17.0 Å². The highest BCUT2D eigenvalue weighted by atomic mass is 19.3. The van der Waals surface area contributed by atoms with Gasteiger partial charge in [0.1, 0.15) is 5.58 Å². The topological polar surface area (TPSA) is 16.4 Å². The quantitative estimate of drug-likeness (QED) is 0.415. The van der Waals surface area contributed by atoms with Crippen LogP contribution in [0.3, 0.4) is 0 Å². The van der Waals surface area contributed by atoms with Crippen molar-refractivity contribution < 1.29 is 13.2 Å². The summed E-state index contributed by atoms with van der Waals surface area (Å²) in [6.45, 7) is 8.27. The Labute approximate surface area is 165 Å². The molecule has 0 saturated heterocycles. The summed E-state index contributed by atoms with van der Waals surface area (Å²) in [6, 6.07) is 14.3. The van der Waals surface area contributed by atoms with Crippen molar-refractivity contribution in [3.8, 4) is 0 Å². The molecule has 2 aromatic carbocycles. The number of furan rings is 1. The number of alkyl halides is 2. The maximum Gasteiger partial charge on any atom is 0.263 e. The maximum atomic E-state index is 12.5. The highest BCUT2D eigenvalue weighted by Gasteiger charge is 2.07. The Kier molecular flexibility index (Phi) is 8.37. The molecule has 0 spiro atoms. The predicted molar refractivity (Wildman–Crippen MR) is 113 cm³/mol. The Balaban J connectivity index is 0.000000640. The van der Waals surface area contributed by atoms with Gasteiger partial charge in [0.15, 0.2) is 0 Å². The van der Waals surface area contributed by atoms with Gasteiger partial charge in [-0.3, -0.25) is 4.90 Å². The summed E-state index contributed by atoms with van der Waals surface area (Å²) >= 11 is 0. The molecular weight excluding hydrogens is 356 g/mol. The third-order valence-electron chi connectivity index (χ3n) is 4.08. The van der Waals surface area contributed by atoms with Gasteiger partial charge in [-0.2, -0.15) is 0 Å². The molecule has 4 heteroatoms. The predicted octanol–water partition coefficient (Wildman–Crippen LogP) is 6.87. The fourth-order valence-electron chi connectivity index (χ4n) is 2.63. The van der Waals surface area contributed by atoms with Crippen LogP contribution in [0, 0.1) is 0 Å². The zero-order chi connectivity index (χ0) is 20.4. The van der Waals surface area contributed by atoms with Crippen molar-refractivity contribution in [3.63, 3.8) is 0 Å². The molecule has 2 nitrogen and oxygen atoms in total. The van der Waals surface area contributed by atoms with Crippen molar-refractivity contribution in [3.05, 3.63) is 103 Å². The number of rotatable bonds is 7. The molecule has 146 valence electrons. The largest absolute Gasteiger partial charge is 0.464 e. The highest BCUT2D eigenvalue weighted by molar-refractivity contribution is 5.80. The first-order valence-electron chi connectivity index (χ1n) is 8.97. The lowest BCUT2D eigenvalue weighted by molar-refractivity contribution is 0.151. The maximum absolute atomic E-state index is 12.5. The fraction of sp³-hybridized carbons (Fsp3) is 0.167. The number of nitrogens with zero attached hydrogens (tertiary/aromatic N) is 1. The molecule has 28 heavy (non-hydrogen) atoms. The van der Waals surface area contributed by atoms with Crippen LogP contribution in [0.15, 0.2) is 90.6 Å². The summed E-state index contributed by atoms with van der Waals surface area (Å²) in [6.07, 6.45) is 6.63. The number of benzene rings is 2. The Bertz CT molecular complexity index is 904. The Morgan fingerprint density at radius 2 is 1.71 bits per heavy atom. The first kappa shape index (κ1) is 21.3. The molecule has 0 unspecified atom stereocenters. The van der Waals surface area contributed by atoms with E-state index in [1.54, 1.807) is 30.5 Å². The van der Waals surface area contributed by atoms with Gasteiger partial charge in [0, 0.05) is 29.6 Å². The third kappa shape index (κ3) is 6.32. The summed E-state index contributed by atoms with van der Waals surface area (Å²) < 4.78 is 30.6. The second-order valence-corrected chi connectivity index (χ2v) is 6.29. The van der Waals surface area contributed by atoms with Crippen LogP contribution in [0.4, 0.5) is 8.78 Å². The summed E-state index contributed by atoms with van der Waals surface area (Å²) in [7, 11) is 2.03. The lowest BCUT2D eigenvalue weighted by Gasteiger charge is -2.13. The number of allylic oxidation sites excluding steroid dienone is 2. The molecule has 0 N–H and O–H groups in total. The van der Waals surface area contributed by atoms with E-state index in [0.717, 1.165) is 35.2 Å². The summed E-state index contributed by atoms with van der Waals surface area (Å²) in [4.78, 5) is 2.17. The van der Waals surface area contributed by atoms with Crippen LogP contribution in [0.1, 0.15) is 23.1 Å². The van der Waals surface area contributed by atoms with Crippen LogP contribution >= 0.6 is 0 Å². The Morgan fingerprint density at radius 1 is 1.04 bits per heavy atom. The van der Waals surface area contributed by atoms with Gasteiger partial charge >= 0.3 is 0 Å². The number of hydrogen-bond acceptors (Lipinski definition) is 2. The molecule has 1 aromatic heterocycles. The van der Waals surface area contributed by atoms with Crippen LogP contribution in [-0.2, 0) is 6.54 Å². The van der Waals surface area contributed by atoms with Gasteiger partial charge in [0.25, 0.3) is 6.43 Å². The molecule has 0 bridgehead atoms. The number of likely N-dealkylation sites (N-methyl/N-ethyl adjacent to an activating group) is 1. The van der Waals surface area contributed by atoms with Crippen molar-refractivity contribution in [2.75, 3.05) is 13.6 Å².